The van der Waals surface area contributed by atoms with Crippen molar-refractivity contribution in [3.8, 4) is 0 Å². The molecule has 1 aromatic heterocycles. The minimum Gasteiger partial charge on any atom is -0.387 e. The number of amidine groups is 1. The van der Waals surface area contributed by atoms with E-state index < -0.39 is 0 Å². The standard InChI is InChI=1S/C12H20N2S/c1-9(8-10-6-5-7-15-10)14-11(13)12(2,3)4/h5-7,9H,8H2,1-4H3,(H2,13,14). The van der Waals surface area contributed by atoms with Gasteiger partial charge in [-0.05, 0) is 18.4 Å². The van der Waals surface area contributed by atoms with Crippen molar-refractivity contribution < 1.29 is 0 Å². The van der Waals surface area contributed by atoms with E-state index in [2.05, 4.69) is 50.2 Å². The average molecular weight is 224 g/mol. The van der Waals surface area contributed by atoms with Crippen molar-refractivity contribution in [1.29, 1.82) is 0 Å². The lowest BCUT2D eigenvalue weighted by atomic mass is 9.95. The molecular weight excluding hydrogens is 204 g/mol. The summed E-state index contributed by atoms with van der Waals surface area (Å²) in [4.78, 5) is 5.89. The van der Waals surface area contributed by atoms with Gasteiger partial charge in [0, 0.05) is 16.7 Å². The van der Waals surface area contributed by atoms with Gasteiger partial charge in [0.25, 0.3) is 0 Å². The highest BCUT2D eigenvalue weighted by Crippen LogP contribution is 2.16. The fraction of sp³-hybridized carbons (Fsp3) is 0.583. The monoisotopic (exact) mass is 224 g/mol. The first kappa shape index (κ1) is 12.2. The number of nitrogens with two attached hydrogens (primary N) is 1. The van der Waals surface area contributed by atoms with E-state index >= 15 is 0 Å². The highest BCUT2D eigenvalue weighted by molar-refractivity contribution is 7.09. The van der Waals surface area contributed by atoms with Crippen LogP contribution >= 0.6 is 11.3 Å². The number of hydrogen-bond donors (Lipinski definition) is 1. The van der Waals surface area contributed by atoms with Gasteiger partial charge in [-0.1, -0.05) is 26.8 Å². The SMILES string of the molecule is CC(Cc1cccs1)N=C(N)C(C)(C)C. The van der Waals surface area contributed by atoms with Gasteiger partial charge in [-0.25, -0.2) is 0 Å². The number of hydrogen-bond acceptors (Lipinski definition) is 2. The third-order valence-corrected chi connectivity index (χ3v) is 3.10. The molecule has 0 bridgehead atoms. The highest BCUT2D eigenvalue weighted by atomic mass is 32.1. The first-order valence-corrected chi connectivity index (χ1v) is 6.13. The molecule has 1 rings (SSSR count). The van der Waals surface area contributed by atoms with E-state index in [0.717, 1.165) is 12.3 Å². The predicted molar refractivity (Wildman–Crippen MR) is 68.6 cm³/mol. The van der Waals surface area contributed by atoms with Crippen LogP contribution in [0, 0.1) is 5.41 Å². The van der Waals surface area contributed by atoms with E-state index in [4.69, 9.17) is 5.73 Å². The second-order valence-corrected chi connectivity index (χ2v) is 5.93. The smallest absolute Gasteiger partial charge is 0.0994 e. The Kier molecular flexibility index (Phi) is 3.91. The third-order valence-electron chi connectivity index (χ3n) is 2.20. The summed E-state index contributed by atoms with van der Waals surface area (Å²) in [6, 6.07) is 4.48. The lowest BCUT2D eigenvalue weighted by molar-refractivity contribution is 0.573. The first-order valence-electron chi connectivity index (χ1n) is 5.25. The Labute approximate surface area is 96.2 Å². The first-order chi connectivity index (χ1) is 6.89. The van der Waals surface area contributed by atoms with Crippen LogP contribution in [0.2, 0.25) is 0 Å². The fourth-order valence-corrected chi connectivity index (χ4v) is 2.02. The van der Waals surface area contributed by atoms with Gasteiger partial charge in [0.2, 0.25) is 0 Å². The van der Waals surface area contributed by atoms with Crippen LogP contribution in [0.4, 0.5) is 0 Å². The summed E-state index contributed by atoms with van der Waals surface area (Å²) in [5, 5.41) is 2.10. The Morgan fingerprint density at radius 3 is 2.67 bits per heavy atom. The minimum atomic E-state index is -0.0241. The Morgan fingerprint density at radius 2 is 2.20 bits per heavy atom. The topological polar surface area (TPSA) is 38.4 Å². The van der Waals surface area contributed by atoms with Crippen molar-refractivity contribution in [3.63, 3.8) is 0 Å². The zero-order valence-corrected chi connectivity index (χ0v) is 10.8. The molecule has 84 valence electrons. The van der Waals surface area contributed by atoms with Crippen LogP contribution in [0.25, 0.3) is 0 Å². The highest BCUT2D eigenvalue weighted by Gasteiger charge is 2.16. The summed E-state index contributed by atoms with van der Waals surface area (Å²) >= 11 is 1.78. The molecule has 0 saturated heterocycles. The number of aliphatic imine (C=N–C) groups is 1. The fourth-order valence-electron chi connectivity index (χ4n) is 1.20. The summed E-state index contributed by atoms with van der Waals surface area (Å²) in [5.41, 5.74) is 5.91. The molecule has 3 heteroatoms. The van der Waals surface area contributed by atoms with E-state index in [-0.39, 0.29) is 11.5 Å². The molecule has 0 aliphatic carbocycles. The van der Waals surface area contributed by atoms with Gasteiger partial charge in [-0.2, -0.15) is 0 Å². The Bertz CT molecular complexity index is 320. The van der Waals surface area contributed by atoms with Gasteiger partial charge < -0.3 is 5.73 Å². The molecule has 0 spiro atoms. The van der Waals surface area contributed by atoms with Gasteiger partial charge in [-0.15, -0.1) is 11.3 Å². The molecule has 15 heavy (non-hydrogen) atoms. The van der Waals surface area contributed by atoms with Crippen LogP contribution in [0.3, 0.4) is 0 Å². The van der Waals surface area contributed by atoms with Gasteiger partial charge >= 0.3 is 0 Å². The molecule has 0 amide bonds. The molecule has 1 atom stereocenters. The molecule has 0 fully saturated rings. The van der Waals surface area contributed by atoms with Crippen LogP contribution in [-0.2, 0) is 6.42 Å². The molecule has 0 aliphatic heterocycles. The summed E-state index contributed by atoms with van der Waals surface area (Å²) in [5.74, 6) is 0.742. The largest absolute Gasteiger partial charge is 0.387 e. The zero-order valence-electron chi connectivity index (χ0n) is 9.95. The molecule has 1 aromatic rings. The molecular formula is C12H20N2S. The Balaban J connectivity index is 2.59. The minimum absolute atomic E-state index is 0.0241. The van der Waals surface area contributed by atoms with Gasteiger partial charge in [-0.3, -0.25) is 4.99 Å². The van der Waals surface area contributed by atoms with Crippen molar-refractivity contribution in [2.24, 2.45) is 16.1 Å². The van der Waals surface area contributed by atoms with Crippen LogP contribution < -0.4 is 5.73 Å². The van der Waals surface area contributed by atoms with E-state index in [1.54, 1.807) is 11.3 Å². The van der Waals surface area contributed by atoms with Crippen molar-refractivity contribution in [2.75, 3.05) is 0 Å². The number of rotatable bonds is 3. The maximum Gasteiger partial charge on any atom is 0.0994 e. The molecule has 0 aromatic carbocycles. The maximum absolute atomic E-state index is 5.93. The summed E-state index contributed by atoms with van der Waals surface area (Å²) in [6.07, 6.45) is 0.981. The van der Waals surface area contributed by atoms with Crippen molar-refractivity contribution in [3.05, 3.63) is 22.4 Å². The van der Waals surface area contributed by atoms with E-state index in [1.165, 1.54) is 4.88 Å². The lowest BCUT2D eigenvalue weighted by Gasteiger charge is -2.19. The Hall–Kier alpha value is -0.830. The molecule has 1 unspecified atom stereocenters. The summed E-state index contributed by atoms with van der Waals surface area (Å²) in [7, 11) is 0. The zero-order chi connectivity index (χ0) is 11.5. The maximum atomic E-state index is 5.93. The average Bonchev–Trinajstić information content (AvgIpc) is 2.54. The quantitative estimate of drug-likeness (QED) is 0.622. The number of thiophene rings is 1. The molecule has 1 heterocycles. The van der Waals surface area contributed by atoms with Crippen molar-refractivity contribution in [2.45, 2.75) is 40.2 Å². The predicted octanol–water partition coefficient (Wildman–Crippen LogP) is 3.08. The van der Waals surface area contributed by atoms with Crippen molar-refractivity contribution >= 4 is 17.2 Å². The Morgan fingerprint density at radius 1 is 1.53 bits per heavy atom. The van der Waals surface area contributed by atoms with Crippen molar-refractivity contribution in [1.82, 2.24) is 0 Å². The van der Waals surface area contributed by atoms with Crippen LogP contribution in [0.15, 0.2) is 22.5 Å². The van der Waals surface area contributed by atoms with Crippen LogP contribution in [0.5, 0.6) is 0 Å². The van der Waals surface area contributed by atoms with E-state index in [1.807, 2.05) is 0 Å². The normalized spacial score (nSPS) is 15.3. The van der Waals surface area contributed by atoms with Gasteiger partial charge in [0.1, 0.15) is 0 Å². The van der Waals surface area contributed by atoms with E-state index in [0.29, 0.717) is 0 Å². The van der Waals surface area contributed by atoms with Crippen LogP contribution in [-0.4, -0.2) is 11.9 Å². The third kappa shape index (κ3) is 4.04. The van der Waals surface area contributed by atoms with Crippen LogP contribution in [0.1, 0.15) is 32.6 Å². The second-order valence-electron chi connectivity index (χ2n) is 4.90. The summed E-state index contributed by atoms with van der Waals surface area (Å²) < 4.78 is 0. The molecule has 2 nitrogen and oxygen atoms in total. The number of nitrogens with zero attached hydrogens (tertiary/aromatic N) is 1. The second kappa shape index (κ2) is 4.79. The molecule has 2 N–H and O–H groups in total. The van der Waals surface area contributed by atoms with Gasteiger partial charge in [0.05, 0.1) is 11.9 Å². The molecule has 0 aliphatic rings. The molecule has 0 radical (unpaired) electrons. The molecule has 0 saturated carbocycles. The van der Waals surface area contributed by atoms with E-state index in [9.17, 15) is 0 Å². The van der Waals surface area contributed by atoms with Gasteiger partial charge in [0.15, 0.2) is 0 Å². The summed E-state index contributed by atoms with van der Waals surface area (Å²) in [6.45, 7) is 8.37. The lowest BCUT2D eigenvalue weighted by Crippen LogP contribution is -2.30.